The van der Waals surface area contributed by atoms with Crippen molar-refractivity contribution < 1.29 is 22.9 Å². The summed E-state index contributed by atoms with van der Waals surface area (Å²) in [5, 5.41) is 13.1. The highest BCUT2D eigenvalue weighted by Gasteiger charge is 2.24. The van der Waals surface area contributed by atoms with Gasteiger partial charge in [-0.05, 0) is 44.9 Å². The minimum absolute atomic E-state index is 0.286. The summed E-state index contributed by atoms with van der Waals surface area (Å²) in [6.07, 6.45) is 31.5. The molecule has 0 aliphatic rings. The molecule has 3 N–H and O–H groups in total. The van der Waals surface area contributed by atoms with Gasteiger partial charge in [0.25, 0.3) is 10.1 Å². The minimum Gasteiger partial charge on any atom is -0.387 e. The third-order valence-electron chi connectivity index (χ3n) is 7.12. The predicted octanol–water partition coefficient (Wildman–Crippen LogP) is 8.45. The molecular weight excluding hydrogens is 510 g/mol. The number of carbonyl (C=O) groups excluding carboxylic acids is 1. The number of aliphatic hydroxyl groups is 1. The van der Waals surface area contributed by atoms with Crippen molar-refractivity contribution in [2.45, 2.75) is 167 Å². The van der Waals surface area contributed by atoms with Gasteiger partial charge in [-0.25, -0.2) is 0 Å². The van der Waals surface area contributed by atoms with Crippen LogP contribution in [0.25, 0.3) is 0 Å². The van der Waals surface area contributed by atoms with Gasteiger partial charge in [0.2, 0.25) is 5.91 Å². The van der Waals surface area contributed by atoms with Crippen LogP contribution in [0.2, 0.25) is 0 Å². The van der Waals surface area contributed by atoms with Gasteiger partial charge in [-0.1, -0.05) is 128 Å². The molecule has 0 rings (SSSR count). The second-order valence-electron chi connectivity index (χ2n) is 11.1. The van der Waals surface area contributed by atoms with Crippen molar-refractivity contribution in [1.82, 2.24) is 5.32 Å². The first kappa shape index (κ1) is 37.8. The van der Waals surface area contributed by atoms with Crippen LogP contribution in [0.4, 0.5) is 0 Å². The zero-order chi connectivity index (χ0) is 29.0. The van der Waals surface area contributed by atoms with Crippen molar-refractivity contribution in [2.24, 2.45) is 0 Å². The molecule has 0 radical (unpaired) electrons. The van der Waals surface area contributed by atoms with E-state index in [1.807, 2.05) is 6.08 Å². The largest absolute Gasteiger partial charge is 0.387 e. The van der Waals surface area contributed by atoms with Gasteiger partial charge in [0, 0.05) is 6.42 Å². The van der Waals surface area contributed by atoms with E-state index in [1.54, 1.807) is 6.08 Å². The Morgan fingerprint density at radius 3 is 1.59 bits per heavy atom. The molecule has 0 aromatic rings. The first-order chi connectivity index (χ1) is 18.8. The Kier molecular flexibility index (Phi) is 26.2. The van der Waals surface area contributed by atoms with Crippen LogP contribution in [0.3, 0.4) is 0 Å². The molecular formula is C32H61NO5S. The summed E-state index contributed by atoms with van der Waals surface area (Å²) in [4.78, 5) is 12.4. The van der Waals surface area contributed by atoms with E-state index in [2.05, 4.69) is 31.3 Å². The summed E-state index contributed by atoms with van der Waals surface area (Å²) in [6.45, 7) is 4.45. The van der Waals surface area contributed by atoms with Crippen molar-refractivity contribution in [3.63, 3.8) is 0 Å². The van der Waals surface area contributed by atoms with Crippen molar-refractivity contribution in [3.8, 4) is 0 Å². The highest BCUT2D eigenvalue weighted by atomic mass is 32.2. The topological polar surface area (TPSA) is 104 Å². The van der Waals surface area contributed by atoms with Crippen LogP contribution in [0.1, 0.15) is 155 Å². The van der Waals surface area contributed by atoms with E-state index >= 15 is 0 Å². The third-order valence-corrected chi connectivity index (χ3v) is 7.90. The lowest BCUT2D eigenvalue weighted by atomic mass is 10.1. The van der Waals surface area contributed by atoms with E-state index in [0.717, 1.165) is 57.8 Å². The van der Waals surface area contributed by atoms with E-state index in [4.69, 9.17) is 0 Å². The average Bonchev–Trinajstić information content (AvgIpc) is 2.88. The van der Waals surface area contributed by atoms with Crippen molar-refractivity contribution >= 4 is 16.0 Å². The van der Waals surface area contributed by atoms with Crippen LogP contribution in [0.15, 0.2) is 24.3 Å². The van der Waals surface area contributed by atoms with Gasteiger partial charge in [0.1, 0.15) is 0 Å². The Balaban J connectivity index is 4.10. The molecule has 7 heteroatoms. The highest BCUT2D eigenvalue weighted by Crippen LogP contribution is 2.12. The molecule has 230 valence electrons. The van der Waals surface area contributed by atoms with Gasteiger partial charge in [0.15, 0.2) is 0 Å². The van der Waals surface area contributed by atoms with Gasteiger partial charge in [-0.3, -0.25) is 9.35 Å². The average molecular weight is 572 g/mol. The van der Waals surface area contributed by atoms with E-state index in [1.165, 1.54) is 77.0 Å². The number of amides is 1. The molecule has 0 saturated heterocycles. The summed E-state index contributed by atoms with van der Waals surface area (Å²) in [6, 6.07) is -1.06. The third kappa shape index (κ3) is 28.2. The van der Waals surface area contributed by atoms with E-state index < -0.39 is 28.0 Å². The molecule has 6 nitrogen and oxygen atoms in total. The van der Waals surface area contributed by atoms with E-state index in [9.17, 15) is 22.9 Å². The Hall–Kier alpha value is -1.18. The Bertz CT molecular complexity index is 720. The monoisotopic (exact) mass is 571 g/mol. The molecule has 0 fully saturated rings. The first-order valence-corrected chi connectivity index (χ1v) is 17.6. The molecule has 0 aliphatic carbocycles. The molecule has 2 atom stereocenters. The van der Waals surface area contributed by atoms with Crippen LogP contribution in [0.5, 0.6) is 0 Å². The molecule has 0 heterocycles. The molecule has 1 amide bonds. The molecule has 39 heavy (non-hydrogen) atoms. The summed E-state index contributed by atoms with van der Waals surface area (Å²) >= 11 is 0. The first-order valence-electron chi connectivity index (χ1n) is 16.0. The summed E-state index contributed by atoms with van der Waals surface area (Å²) in [5.74, 6) is -0.991. The number of hydrogen-bond donors (Lipinski definition) is 3. The van der Waals surface area contributed by atoms with Crippen molar-refractivity contribution in [1.29, 1.82) is 0 Å². The van der Waals surface area contributed by atoms with Crippen molar-refractivity contribution in [2.75, 3.05) is 5.75 Å². The second kappa shape index (κ2) is 27.0. The van der Waals surface area contributed by atoms with Crippen LogP contribution < -0.4 is 5.32 Å². The summed E-state index contributed by atoms with van der Waals surface area (Å²) in [7, 11) is -4.33. The lowest BCUT2D eigenvalue weighted by Crippen LogP contribution is -2.46. The Labute approximate surface area is 241 Å². The summed E-state index contributed by atoms with van der Waals surface area (Å²) in [5.41, 5.74) is 0. The number of unbranched alkanes of at least 4 members (excludes halogenated alkanes) is 18. The smallest absolute Gasteiger partial charge is 0.267 e. The molecule has 0 saturated carbocycles. The number of nitrogens with one attached hydrogen (secondary N) is 1. The molecule has 0 aromatic carbocycles. The SMILES string of the molecule is CCCCC/C=C\CCCCCCCC(=O)NC(CS(=O)(=O)O)C(O)/C=C/CCCCCCCCCCCC. The molecule has 0 spiro atoms. The van der Waals surface area contributed by atoms with E-state index in [0.29, 0.717) is 0 Å². The zero-order valence-electron chi connectivity index (χ0n) is 25.3. The zero-order valence-corrected chi connectivity index (χ0v) is 26.1. The highest BCUT2D eigenvalue weighted by molar-refractivity contribution is 7.85. The molecule has 0 bridgehead atoms. The van der Waals surface area contributed by atoms with E-state index in [-0.39, 0.29) is 12.3 Å². The Morgan fingerprint density at radius 1 is 0.667 bits per heavy atom. The summed E-state index contributed by atoms with van der Waals surface area (Å²) < 4.78 is 32.2. The fourth-order valence-electron chi connectivity index (χ4n) is 4.68. The number of rotatable bonds is 28. The molecule has 2 unspecified atom stereocenters. The number of hydrogen-bond acceptors (Lipinski definition) is 4. The predicted molar refractivity (Wildman–Crippen MR) is 166 cm³/mol. The quantitative estimate of drug-likeness (QED) is 0.0496. The molecule has 0 aromatic heterocycles. The maximum absolute atomic E-state index is 12.4. The second-order valence-corrected chi connectivity index (χ2v) is 12.6. The lowest BCUT2D eigenvalue weighted by Gasteiger charge is -2.21. The number of allylic oxidation sites excluding steroid dienone is 3. The normalized spacial score (nSPS) is 13.8. The number of carbonyl (C=O) groups is 1. The van der Waals surface area contributed by atoms with Gasteiger partial charge >= 0.3 is 0 Å². The Morgan fingerprint density at radius 2 is 1.08 bits per heavy atom. The fraction of sp³-hybridized carbons (Fsp3) is 0.844. The van der Waals surface area contributed by atoms with Gasteiger partial charge < -0.3 is 10.4 Å². The van der Waals surface area contributed by atoms with Crippen molar-refractivity contribution in [3.05, 3.63) is 24.3 Å². The minimum atomic E-state index is -4.33. The maximum atomic E-state index is 12.4. The standard InChI is InChI=1S/C32H61NO5S/c1-3-5-7-9-11-13-15-17-19-21-23-25-27-31(34)30(29-39(36,37)38)33-32(35)28-26-24-22-20-18-16-14-12-10-8-6-4-2/h12,14,25,27,30-31,34H,3-11,13,15-24,26,28-29H2,1-2H3,(H,33,35)(H,36,37,38)/b14-12-,27-25+. The van der Waals surface area contributed by atoms with Gasteiger partial charge in [-0.2, -0.15) is 8.42 Å². The van der Waals surface area contributed by atoms with Crippen LogP contribution in [0, 0.1) is 0 Å². The van der Waals surface area contributed by atoms with Crippen LogP contribution >= 0.6 is 0 Å². The lowest BCUT2D eigenvalue weighted by molar-refractivity contribution is -0.122. The van der Waals surface area contributed by atoms with Gasteiger partial charge in [0.05, 0.1) is 17.9 Å². The number of aliphatic hydroxyl groups excluding tert-OH is 1. The van der Waals surface area contributed by atoms with Gasteiger partial charge in [-0.15, -0.1) is 0 Å². The fourth-order valence-corrected chi connectivity index (χ4v) is 5.41. The van der Waals surface area contributed by atoms with Crippen LogP contribution in [-0.4, -0.2) is 41.9 Å². The maximum Gasteiger partial charge on any atom is 0.267 e. The van der Waals surface area contributed by atoms with Crippen LogP contribution in [-0.2, 0) is 14.9 Å². The molecule has 0 aliphatic heterocycles.